The average molecular weight is 207 g/mol. The maximum atomic E-state index is 11.7. The zero-order chi connectivity index (χ0) is 11.2. The summed E-state index contributed by atoms with van der Waals surface area (Å²) >= 11 is 0. The van der Waals surface area contributed by atoms with Crippen LogP contribution in [0, 0.1) is 0 Å². The van der Waals surface area contributed by atoms with Crippen LogP contribution in [0.3, 0.4) is 0 Å². The van der Waals surface area contributed by atoms with Crippen LogP contribution in [0.2, 0.25) is 0 Å². The number of likely N-dealkylation sites (N-methyl/N-ethyl adjacent to an activating group) is 1. The van der Waals surface area contributed by atoms with E-state index in [9.17, 15) is 18.0 Å². The molecule has 0 unspecified atom stereocenters. The number of hydrogen-bond acceptors (Lipinski definition) is 1. The second kappa shape index (κ2) is 5.47. The molecule has 5 heteroatoms. The van der Waals surface area contributed by atoms with Gasteiger partial charge in [0.05, 0.1) is 6.42 Å². The molecular formula is C9H12F3NO. The summed E-state index contributed by atoms with van der Waals surface area (Å²) in [7, 11) is 0. The first-order chi connectivity index (χ1) is 6.37. The Kier molecular flexibility index (Phi) is 4.97. The third-order valence-corrected chi connectivity index (χ3v) is 1.30. The van der Waals surface area contributed by atoms with Gasteiger partial charge in [-0.15, -0.1) is 0 Å². The van der Waals surface area contributed by atoms with Crippen molar-refractivity contribution in [3.63, 3.8) is 0 Å². The molecule has 0 aliphatic rings. The van der Waals surface area contributed by atoms with Crippen molar-refractivity contribution >= 4 is 5.91 Å². The predicted octanol–water partition coefficient (Wildman–Crippen LogP) is 2.19. The van der Waals surface area contributed by atoms with Crippen molar-refractivity contribution < 1.29 is 18.0 Å². The molecule has 0 heterocycles. The summed E-state index contributed by atoms with van der Waals surface area (Å²) in [6.07, 6.45) is -3.35. The monoisotopic (exact) mass is 207 g/mol. The van der Waals surface area contributed by atoms with Crippen molar-refractivity contribution in [3.05, 3.63) is 24.3 Å². The molecule has 1 amide bonds. The minimum absolute atomic E-state index is 0.0242. The van der Waals surface area contributed by atoms with Crippen molar-refractivity contribution in [1.29, 1.82) is 0 Å². The van der Waals surface area contributed by atoms with Gasteiger partial charge in [-0.2, -0.15) is 13.2 Å². The quantitative estimate of drug-likeness (QED) is 0.555. The summed E-state index contributed by atoms with van der Waals surface area (Å²) in [5, 5.41) is 2.42. The minimum Gasteiger partial charge on any atom is -0.352 e. The maximum absolute atomic E-state index is 11.7. The van der Waals surface area contributed by atoms with Crippen molar-refractivity contribution in [1.82, 2.24) is 5.32 Å². The second-order valence-electron chi connectivity index (χ2n) is 2.61. The molecule has 0 spiro atoms. The van der Waals surface area contributed by atoms with Crippen LogP contribution in [-0.4, -0.2) is 18.6 Å². The van der Waals surface area contributed by atoms with Crippen molar-refractivity contribution in [2.24, 2.45) is 0 Å². The van der Waals surface area contributed by atoms with Gasteiger partial charge < -0.3 is 5.32 Å². The maximum Gasteiger partial charge on any atom is 0.392 e. The van der Waals surface area contributed by atoms with Crippen LogP contribution in [0.15, 0.2) is 24.3 Å². The Hall–Kier alpha value is -1.26. The first-order valence-corrected chi connectivity index (χ1v) is 4.07. The number of nitrogens with one attached hydrogen (secondary N) is 1. The molecule has 0 aromatic heterocycles. The molecule has 2 nitrogen and oxygen atoms in total. The lowest BCUT2D eigenvalue weighted by atomic mass is 10.2. The zero-order valence-electron chi connectivity index (χ0n) is 7.82. The summed E-state index contributed by atoms with van der Waals surface area (Å²) in [6.45, 7) is 5.46. The van der Waals surface area contributed by atoms with E-state index >= 15 is 0 Å². The molecule has 1 N–H and O–H groups in total. The normalized spacial score (nSPS) is 11.7. The van der Waals surface area contributed by atoms with Gasteiger partial charge in [0.15, 0.2) is 0 Å². The fourth-order valence-electron chi connectivity index (χ4n) is 0.685. The number of carbonyl (C=O) groups is 1. The van der Waals surface area contributed by atoms with E-state index in [2.05, 4.69) is 11.9 Å². The van der Waals surface area contributed by atoms with E-state index in [1.54, 1.807) is 6.92 Å². The molecule has 0 radical (unpaired) electrons. The first kappa shape index (κ1) is 12.7. The van der Waals surface area contributed by atoms with Crippen molar-refractivity contribution in [3.8, 4) is 0 Å². The number of carbonyl (C=O) groups excluding carboxylic acids is 1. The largest absolute Gasteiger partial charge is 0.392 e. The minimum atomic E-state index is -4.24. The third kappa shape index (κ3) is 6.28. The number of allylic oxidation sites excluding steroid dienone is 1. The lowest BCUT2D eigenvalue weighted by molar-refractivity contribution is -0.125. The van der Waals surface area contributed by atoms with Gasteiger partial charge in [-0.25, -0.2) is 0 Å². The van der Waals surface area contributed by atoms with Crippen LogP contribution in [0.25, 0.3) is 0 Å². The summed E-state index contributed by atoms with van der Waals surface area (Å²) in [6, 6.07) is 0. The molecule has 0 fully saturated rings. The summed E-state index contributed by atoms with van der Waals surface area (Å²) < 4.78 is 35.0. The van der Waals surface area contributed by atoms with E-state index in [1.807, 2.05) is 0 Å². The van der Waals surface area contributed by atoms with Gasteiger partial charge in [0.25, 0.3) is 5.91 Å². The van der Waals surface area contributed by atoms with Crippen LogP contribution in [-0.2, 0) is 4.79 Å². The number of halogens is 3. The second-order valence-corrected chi connectivity index (χ2v) is 2.61. The molecule has 0 saturated heterocycles. The molecule has 0 aliphatic heterocycles. The highest BCUT2D eigenvalue weighted by atomic mass is 19.4. The van der Waals surface area contributed by atoms with Gasteiger partial charge in [0, 0.05) is 12.1 Å². The lowest BCUT2D eigenvalue weighted by Crippen LogP contribution is -2.23. The molecule has 0 aromatic rings. The Balaban J connectivity index is 4.00. The van der Waals surface area contributed by atoms with E-state index in [-0.39, 0.29) is 5.57 Å². The van der Waals surface area contributed by atoms with Crippen molar-refractivity contribution in [2.45, 2.75) is 19.5 Å². The van der Waals surface area contributed by atoms with Gasteiger partial charge in [-0.05, 0) is 6.92 Å². The number of amides is 1. The van der Waals surface area contributed by atoms with E-state index in [4.69, 9.17) is 0 Å². The van der Waals surface area contributed by atoms with Gasteiger partial charge >= 0.3 is 6.18 Å². The SMILES string of the molecule is C=C(/C=C\CC(F)(F)F)C(=O)NCC. The Labute approximate surface area is 80.5 Å². The molecule has 0 bridgehead atoms. The fourth-order valence-corrected chi connectivity index (χ4v) is 0.685. The Morgan fingerprint density at radius 2 is 2.07 bits per heavy atom. The molecule has 0 aliphatic carbocycles. The van der Waals surface area contributed by atoms with E-state index in [0.29, 0.717) is 6.54 Å². The Morgan fingerprint density at radius 3 is 2.50 bits per heavy atom. The Morgan fingerprint density at radius 1 is 1.50 bits per heavy atom. The first-order valence-electron chi connectivity index (χ1n) is 4.07. The van der Waals surface area contributed by atoms with Crippen LogP contribution >= 0.6 is 0 Å². The van der Waals surface area contributed by atoms with Crippen LogP contribution in [0.4, 0.5) is 13.2 Å². The van der Waals surface area contributed by atoms with E-state index < -0.39 is 18.5 Å². The molecule has 0 atom stereocenters. The standard InChI is InChI=1S/C9H12F3NO/c1-3-13-8(14)7(2)5-4-6-9(10,11)12/h4-5H,2-3,6H2,1H3,(H,13,14)/b5-4-. The van der Waals surface area contributed by atoms with Crippen LogP contribution < -0.4 is 5.32 Å². The lowest BCUT2D eigenvalue weighted by Gasteiger charge is -2.02. The van der Waals surface area contributed by atoms with E-state index in [0.717, 1.165) is 12.2 Å². The van der Waals surface area contributed by atoms with Crippen molar-refractivity contribution in [2.75, 3.05) is 6.54 Å². The topological polar surface area (TPSA) is 29.1 Å². The molecule has 0 rings (SSSR count). The summed E-state index contributed by atoms with van der Waals surface area (Å²) in [4.78, 5) is 11.0. The van der Waals surface area contributed by atoms with Gasteiger partial charge in [-0.3, -0.25) is 4.79 Å². The molecule has 80 valence electrons. The predicted molar refractivity (Wildman–Crippen MR) is 47.6 cm³/mol. The zero-order valence-corrected chi connectivity index (χ0v) is 7.82. The summed E-state index contributed by atoms with van der Waals surface area (Å²) in [5.74, 6) is -0.453. The summed E-state index contributed by atoms with van der Waals surface area (Å²) in [5.41, 5.74) is 0.0242. The molecular weight excluding hydrogens is 195 g/mol. The third-order valence-electron chi connectivity index (χ3n) is 1.30. The molecule has 14 heavy (non-hydrogen) atoms. The highest BCUT2D eigenvalue weighted by Gasteiger charge is 2.24. The van der Waals surface area contributed by atoms with Gasteiger partial charge in [0.2, 0.25) is 0 Å². The molecule has 0 saturated carbocycles. The number of alkyl halides is 3. The average Bonchev–Trinajstić information content (AvgIpc) is 2.02. The number of hydrogen-bond donors (Lipinski definition) is 1. The van der Waals surface area contributed by atoms with Crippen LogP contribution in [0.1, 0.15) is 13.3 Å². The van der Waals surface area contributed by atoms with Gasteiger partial charge in [-0.1, -0.05) is 18.7 Å². The van der Waals surface area contributed by atoms with Gasteiger partial charge in [0.1, 0.15) is 0 Å². The highest BCUT2D eigenvalue weighted by Crippen LogP contribution is 2.19. The van der Waals surface area contributed by atoms with Crippen LogP contribution in [0.5, 0.6) is 0 Å². The fraction of sp³-hybridized carbons (Fsp3) is 0.444. The smallest absolute Gasteiger partial charge is 0.352 e. The Bertz CT molecular complexity index is 243. The van der Waals surface area contributed by atoms with E-state index in [1.165, 1.54) is 0 Å². The highest BCUT2D eigenvalue weighted by molar-refractivity contribution is 5.95. The molecule has 0 aromatic carbocycles. The number of rotatable bonds is 4.